The molecule has 4 rings (SSSR count). The molecule has 0 unspecified atom stereocenters. The summed E-state index contributed by atoms with van der Waals surface area (Å²) in [6.45, 7) is 10.2. The molecule has 0 saturated carbocycles. The molecule has 2 aliphatic heterocycles. The molecule has 0 bridgehead atoms. The zero-order valence-electron chi connectivity index (χ0n) is 25.6. The van der Waals surface area contributed by atoms with Gasteiger partial charge >= 0.3 is 6.18 Å². The minimum Gasteiger partial charge on any atom is -0.369 e. The van der Waals surface area contributed by atoms with E-state index in [0.717, 1.165) is 75.2 Å². The van der Waals surface area contributed by atoms with Crippen molar-refractivity contribution in [2.45, 2.75) is 44.8 Å². The molecule has 13 heteroatoms. The second-order valence-corrected chi connectivity index (χ2v) is 11.4. The average Bonchev–Trinajstić information content (AvgIpc) is 3.01. The van der Waals surface area contributed by atoms with Crippen LogP contribution in [0.5, 0.6) is 0 Å². The number of carbonyl (C=O) groups is 1. The number of aromatic nitrogens is 2. The Morgan fingerprint density at radius 3 is 2.47 bits per heavy atom. The van der Waals surface area contributed by atoms with E-state index in [1.54, 1.807) is 11.9 Å². The van der Waals surface area contributed by atoms with Gasteiger partial charge in [0.05, 0.1) is 0 Å². The SMILES string of the molecule is CCc1cc(N2CCN(C3CCN(C)CC3)CC2)ccc1Nc1ncc(C(F)(F)F)c(NCCCN(C=O)CCNC)n1. The molecule has 0 spiro atoms. The smallest absolute Gasteiger partial charge is 0.369 e. The Bertz CT molecular complexity index is 1170. The van der Waals surface area contributed by atoms with Crippen LogP contribution in [0.4, 0.5) is 36.3 Å². The van der Waals surface area contributed by atoms with Crippen molar-refractivity contribution < 1.29 is 18.0 Å². The van der Waals surface area contributed by atoms with Crippen molar-refractivity contribution in [1.82, 2.24) is 30.0 Å². The first-order chi connectivity index (χ1) is 20.7. The largest absolute Gasteiger partial charge is 0.421 e. The molecule has 0 aliphatic carbocycles. The molecular formula is C30H46F3N9O. The summed E-state index contributed by atoms with van der Waals surface area (Å²) in [5, 5.41) is 8.92. The number of likely N-dealkylation sites (N-methyl/N-ethyl adjacent to an activating group) is 1. The third-order valence-electron chi connectivity index (χ3n) is 8.41. The molecule has 2 aliphatic rings. The lowest BCUT2D eigenvalue weighted by molar-refractivity contribution is -0.137. The summed E-state index contributed by atoms with van der Waals surface area (Å²) in [6.07, 6.45) is 0.643. The lowest BCUT2D eigenvalue weighted by Crippen LogP contribution is -2.53. The van der Waals surface area contributed by atoms with E-state index in [4.69, 9.17) is 0 Å². The van der Waals surface area contributed by atoms with Crippen LogP contribution in [0, 0.1) is 0 Å². The third-order valence-corrected chi connectivity index (χ3v) is 8.41. The van der Waals surface area contributed by atoms with Gasteiger partial charge in [-0.2, -0.15) is 18.2 Å². The zero-order chi connectivity index (χ0) is 30.8. The Morgan fingerprint density at radius 1 is 1.07 bits per heavy atom. The Morgan fingerprint density at radius 2 is 1.81 bits per heavy atom. The molecule has 3 heterocycles. The van der Waals surface area contributed by atoms with Crippen molar-refractivity contribution in [3.8, 4) is 0 Å². The van der Waals surface area contributed by atoms with E-state index in [1.807, 2.05) is 6.07 Å². The molecule has 1 amide bonds. The monoisotopic (exact) mass is 605 g/mol. The van der Waals surface area contributed by atoms with Gasteiger partial charge < -0.3 is 30.7 Å². The van der Waals surface area contributed by atoms with Gasteiger partial charge in [0.1, 0.15) is 11.4 Å². The van der Waals surface area contributed by atoms with Crippen molar-refractivity contribution in [2.75, 3.05) is 95.1 Å². The van der Waals surface area contributed by atoms with Crippen molar-refractivity contribution in [2.24, 2.45) is 0 Å². The minimum absolute atomic E-state index is 0.0910. The van der Waals surface area contributed by atoms with Gasteiger partial charge in [0, 0.05) is 76.0 Å². The second kappa shape index (κ2) is 15.5. The quantitative estimate of drug-likeness (QED) is 0.221. The van der Waals surface area contributed by atoms with Crippen molar-refractivity contribution >= 4 is 29.6 Å². The predicted molar refractivity (Wildman–Crippen MR) is 165 cm³/mol. The third kappa shape index (κ3) is 9.16. The van der Waals surface area contributed by atoms with Crippen LogP contribution in [0.25, 0.3) is 0 Å². The van der Waals surface area contributed by atoms with Gasteiger partial charge in [-0.3, -0.25) is 9.69 Å². The number of halogens is 3. The van der Waals surface area contributed by atoms with Gasteiger partial charge in [0.2, 0.25) is 12.4 Å². The van der Waals surface area contributed by atoms with Crippen LogP contribution in [0.15, 0.2) is 24.4 Å². The van der Waals surface area contributed by atoms with E-state index >= 15 is 0 Å². The summed E-state index contributed by atoms with van der Waals surface area (Å²) in [5.74, 6) is -0.191. The van der Waals surface area contributed by atoms with E-state index < -0.39 is 11.7 Å². The molecule has 238 valence electrons. The summed E-state index contributed by atoms with van der Waals surface area (Å²) in [6, 6.07) is 6.85. The lowest BCUT2D eigenvalue weighted by Gasteiger charge is -2.43. The van der Waals surface area contributed by atoms with Crippen LogP contribution >= 0.6 is 0 Å². The number of alkyl halides is 3. The fraction of sp³-hybridized carbons (Fsp3) is 0.633. The Hall–Kier alpha value is -3.16. The number of amides is 1. The van der Waals surface area contributed by atoms with Crippen LogP contribution in [-0.2, 0) is 17.4 Å². The van der Waals surface area contributed by atoms with Gasteiger partial charge in [-0.15, -0.1) is 0 Å². The topological polar surface area (TPSA) is 91.9 Å². The first-order valence-electron chi connectivity index (χ1n) is 15.3. The Balaban J connectivity index is 1.39. The van der Waals surface area contributed by atoms with E-state index in [2.05, 4.69) is 66.7 Å². The molecule has 2 saturated heterocycles. The highest BCUT2D eigenvalue weighted by atomic mass is 19.4. The number of piperazine rings is 1. The Kier molecular flexibility index (Phi) is 11.8. The molecule has 3 N–H and O–H groups in total. The van der Waals surface area contributed by atoms with Gasteiger partial charge in [-0.05, 0) is 76.6 Å². The van der Waals surface area contributed by atoms with E-state index in [-0.39, 0.29) is 18.3 Å². The van der Waals surface area contributed by atoms with E-state index in [9.17, 15) is 18.0 Å². The number of likely N-dealkylation sites (tertiary alicyclic amines) is 1. The molecule has 43 heavy (non-hydrogen) atoms. The highest BCUT2D eigenvalue weighted by Gasteiger charge is 2.35. The van der Waals surface area contributed by atoms with E-state index in [1.165, 1.54) is 12.8 Å². The minimum atomic E-state index is -4.60. The molecular weight excluding hydrogens is 559 g/mol. The fourth-order valence-corrected chi connectivity index (χ4v) is 5.76. The summed E-state index contributed by atoms with van der Waals surface area (Å²) < 4.78 is 41.1. The van der Waals surface area contributed by atoms with Gasteiger partial charge in [0.15, 0.2) is 0 Å². The van der Waals surface area contributed by atoms with Gasteiger partial charge in [-0.1, -0.05) is 6.92 Å². The lowest BCUT2D eigenvalue weighted by atomic mass is 10.0. The maximum absolute atomic E-state index is 13.7. The predicted octanol–water partition coefficient (Wildman–Crippen LogP) is 3.50. The van der Waals surface area contributed by atoms with Crippen molar-refractivity contribution in [3.63, 3.8) is 0 Å². The highest BCUT2D eigenvalue weighted by Crippen LogP contribution is 2.34. The average molecular weight is 606 g/mol. The van der Waals surface area contributed by atoms with Crippen molar-refractivity contribution in [3.05, 3.63) is 35.5 Å². The molecule has 2 fully saturated rings. The normalized spacial score (nSPS) is 17.2. The molecule has 10 nitrogen and oxygen atoms in total. The van der Waals surface area contributed by atoms with E-state index in [0.29, 0.717) is 32.1 Å². The van der Waals surface area contributed by atoms with Crippen LogP contribution in [-0.4, -0.2) is 117 Å². The number of carbonyl (C=O) groups excluding carboxylic acids is 1. The van der Waals surface area contributed by atoms with Crippen LogP contribution < -0.4 is 20.9 Å². The molecule has 1 aromatic heterocycles. The number of nitrogens with one attached hydrogen (secondary N) is 3. The molecule has 0 radical (unpaired) electrons. The number of benzene rings is 1. The zero-order valence-corrected chi connectivity index (χ0v) is 25.6. The molecule has 0 atom stereocenters. The van der Waals surface area contributed by atoms with Gasteiger partial charge in [0.25, 0.3) is 0 Å². The van der Waals surface area contributed by atoms with Crippen LogP contribution in [0.1, 0.15) is 37.3 Å². The number of rotatable bonds is 14. The summed E-state index contributed by atoms with van der Waals surface area (Å²) in [7, 11) is 3.98. The summed E-state index contributed by atoms with van der Waals surface area (Å²) in [5.41, 5.74) is 2.04. The number of hydrogen-bond donors (Lipinski definition) is 3. The highest BCUT2D eigenvalue weighted by molar-refractivity contribution is 5.65. The maximum Gasteiger partial charge on any atom is 0.421 e. The first kappa shape index (κ1) is 32.7. The molecule has 1 aromatic carbocycles. The van der Waals surface area contributed by atoms with Crippen LogP contribution in [0.3, 0.4) is 0 Å². The van der Waals surface area contributed by atoms with Gasteiger partial charge in [-0.25, -0.2) is 4.98 Å². The summed E-state index contributed by atoms with van der Waals surface area (Å²) in [4.78, 5) is 28.4. The number of nitrogens with zero attached hydrogens (tertiary/aromatic N) is 6. The first-order valence-corrected chi connectivity index (χ1v) is 15.3. The number of hydrogen-bond acceptors (Lipinski definition) is 9. The Labute approximate surface area is 253 Å². The number of piperidine rings is 1. The standard InChI is InChI=1S/C30H46F3N9O/c1-4-23-20-25(42-18-16-41(17-19-42)24-8-13-39(3)14-9-24)6-7-27(23)37-29-36-21-26(30(31,32)33)28(38-29)35-10-5-12-40(22-43)15-11-34-2/h6-7,20-22,24,34H,4-5,8-19H2,1-3H3,(H2,35,36,37,38). The number of aryl methyl sites for hydroxylation is 1. The fourth-order valence-electron chi connectivity index (χ4n) is 5.76. The number of anilines is 4. The summed E-state index contributed by atoms with van der Waals surface area (Å²) >= 11 is 0. The van der Waals surface area contributed by atoms with Crippen LogP contribution in [0.2, 0.25) is 0 Å². The second-order valence-electron chi connectivity index (χ2n) is 11.4. The van der Waals surface area contributed by atoms with Crippen molar-refractivity contribution in [1.29, 1.82) is 0 Å². The molecule has 2 aromatic rings. The maximum atomic E-state index is 13.7.